The first-order valence-corrected chi connectivity index (χ1v) is 6.49. The zero-order valence-electron chi connectivity index (χ0n) is 12.3. The van der Waals surface area contributed by atoms with Gasteiger partial charge in [-0.1, -0.05) is 18.2 Å². The van der Waals surface area contributed by atoms with Crippen LogP contribution < -0.4 is 10.1 Å². The minimum Gasteiger partial charge on any atom is -0.496 e. The van der Waals surface area contributed by atoms with E-state index in [9.17, 15) is 0 Å². The van der Waals surface area contributed by atoms with E-state index >= 15 is 0 Å². The van der Waals surface area contributed by atoms with Gasteiger partial charge in [0.1, 0.15) is 5.75 Å². The lowest BCUT2D eigenvalue weighted by Crippen LogP contribution is -2.48. The Bertz CT molecular complexity index is 363. The van der Waals surface area contributed by atoms with E-state index in [0.717, 1.165) is 25.3 Å². The predicted octanol–water partition coefficient (Wildman–Crippen LogP) is 2.17. The summed E-state index contributed by atoms with van der Waals surface area (Å²) in [6, 6.07) is 8.24. The molecular weight excluding hydrogens is 224 g/mol. The fourth-order valence-electron chi connectivity index (χ4n) is 2.07. The summed E-state index contributed by atoms with van der Waals surface area (Å²) in [4.78, 5) is 2.38. The molecule has 1 N–H and O–H groups in total. The summed E-state index contributed by atoms with van der Waals surface area (Å²) in [6.45, 7) is 6.52. The summed E-state index contributed by atoms with van der Waals surface area (Å²) in [5, 5.41) is 3.24. The molecule has 1 rings (SSSR count). The van der Waals surface area contributed by atoms with Gasteiger partial charge in [0.25, 0.3) is 0 Å². The molecule has 102 valence electrons. The molecule has 3 nitrogen and oxygen atoms in total. The van der Waals surface area contributed by atoms with Gasteiger partial charge in [0.2, 0.25) is 0 Å². The molecule has 0 amide bonds. The maximum atomic E-state index is 5.38. The van der Waals surface area contributed by atoms with Crippen molar-refractivity contribution in [2.45, 2.75) is 25.8 Å². The van der Waals surface area contributed by atoms with Crippen LogP contribution >= 0.6 is 0 Å². The van der Waals surface area contributed by atoms with Crippen molar-refractivity contribution in [3.05, 3.63) is 29.8 Å². The van der Waals surface area contributed by atoms with Crippen molar-refractivity contribution in [2.75, 3.05) is 34.3 Å². The van der Waals surface area contributed by atoms with Crippen LogP contribution in [0.3, 0.4) is 0 Å². The third-order valence-electron chi connectivity index (χ3n) is 3.55. The molecule has 0 fully saturated rings. The highest BCUT2D eigenvalue weighted by Gasteiger charge is 2.22. The van der Waals surface area contributed by atoms with Gasteiger partial charge in [-0.2, -0.15) is 0 Å². The Kier molecular flexibility index (Phi) is 5.63. The van der Waals surface area contributed by atoms with E-state index in [-0.39, 0.29) is 5.54 Å². The molecule has 0 atom stereocenters. The Labute approximate surface area is 111 Å². The average Bonchev–Trinajstić information content (AvgIpc) is 2.36. The van der Waals surface area contributed by atoms with Crippen molar-refractivity contribution in [1.82, 2.24) is 10.2 Å². The normalized spacial score (nSPS) is 11.9. The molecule has 0 bridgehead atoms. The Hall–Kier alpha value is -1.06. The van der Waals surface area contributed by atoms with E-state index in [1.807, 2.05) is 19.2 Å². The van der Waals surface area contributed by atoms with E-state index in [0.29, 0.717) is 0 Å². The molecule has 0 aliphatic rings. The van der Waals surface area contributed by atoms with Crippen molar-refractivity contribution in [3.63, 3.8) is 0 Å². The molecule has 18 heavy (non-hydrogen) atoms. The quantitative estimate of drug-likeness (QED) is 0.802. The smallest absolute Gasteiger partial charge is 0.122 e. The first-order chi connectivity index (χ1) is 8.51. The van der Waals surface area contributed by atoms with Gasteiger partial charge in [-0.15, -0.1) is 0 Å². The van der Waals surface area contributed by atoms with Gasteiger partial charge in [0.15, 0.2) is 0 Å². The molecule has 0 aromatic heterocycles. The maximum absolute atomic E-state index is 5.38. The summed E-state index contributed by atoms with van der Waals surface area (Å²) < 4.78 is 5.38. The van der Waals surface area contributed by atoms with Crippen molar-refractivity contribution in [1.29, 1.82) is 0 Å². The van der Waals surface area contributed by atoms with Gasteiger partial charge >= 0.3 is 0 Å². The van der Waals surface area contributed by atoms with Gasteiger partial charge in [0.05, 0.1) is 7.11 Å². The lowest BCUT2D eigenvalue weighted by molar-refractivity contribution is 0.157. The van der Waals surface area contributed by atoms with Crippen LogP contribution in [0.25, 0.3) is 0 Å². The first-order valence-electron chi connectivity index (χ1n) is 6.49. The molecule has 0 heterocycles. The van der Waals surface area contributed by atoms with Crippen LogP contribution in [0.1, 0.15) is 19.4 Å². The number of methoxy groups -OCH3 is 1. The van der Waals surface area contributed by atoms with Gasteiger partial charge < -0.3 is 10.1 Å². The van der Waals surface area contributed by atoms with Gasteiger partial charge in [-0.25, -0.2) is 0 Å². The van der Waals surface area contributed by atoms with E-state index in [4.69, 9.17) is 4.74 Å². The Morgan fingerprint density at radius 2 is 1.94 bits per heavy atom. The van der Waals surface area contributed by atoms with Crippen LogP contribution in [0, 0.1) is 0 Å². The second kappa shape index (κ2) is 6.76. The number of nitrogens with one attached hydrogen (secondary N) is 1. The molecule has 0 spiro atoms. The number of hydrogen-bond donors (Lipinski definition) is 1. The maximum Gasteiger partial charge on any atom is 0.122 e. The second-order valence-corrected chi connectivity index (χ2v) is 5.33. The van der Waals surface area contributed by atoms with Crippen LogP contribution in [0.4, 0.5) is 0 Å². The predicted molar refractivity (Wildman–Crippen MR) is 77.3 cm³/mol. The van der Waals surface area contributed by atoms with Crippen molar-refractivity contribution in [2.24, 2.45) is 0 Å². The second-order valence-electron chi connectivity index (χ2n) is 5.33. The molecule has 1 aromatic carbocycles. The highest BCUT2D eigenvalue weighted by Crippen LogP contribution is 2.19. The minimum atomic E-state index is 0.163. The van der Waals surface area contributed by atoms with E-state index in [1.165, 1.54) is 5.56 Å². The highest BCUT2D eigenvalue weighted by molar-refractivity contribution is 5.33. The van der Waals surface area contributed by atoms with Crippen LogP contribution in [-0.2, 0) is 6.42 Å². The number of nitrogens with zero attached hydrogens (tertiary/aromatic N) is 1. The van der Waals surface area contributed by atoms with Crippen molar-refractivity contribution < 1.29 is 4.74 Å². The van der Waals surface area contributed by atoms with E-state index < -0.39 is 0 Å². The lowest BCUT2D eigenvalue weighted by Gasteiger charge is -2.35. The lowest BCUT2D eigenvalue weighted by atomic mass is 10.0. The molecule has 0 aliphatic heterocycles. The number of benzene rings is 1. The van der Waals surface area contributed by atoms with Crippen LogP contribution in [0.5, 0.6) is 5.75 Å². The largest absolute Gasteiger partial charge is 0.496 e. The molecule has 0 saturated carbocycles. The number of ether oxygens (including phenoxy) is 1. The van der Waals surface area contributed by atoms with Gasteiger partial charge in [0, 0.05) is 18.6 Å². The molecule has 0 radical (unpaired) electrons. The third kappa shape index (κ3) is 4.00. The topological polar surface area (TPSA) is 24.5 Å². The minimum absolute atomic E-state index is 0.163. The first kappa shape index (κ1) is 15.0. The van der Waals surface area contributed by atoms with Gasteiger partial charge in [-0.05, 0) is 46.0 Å². The van der Waals surface area contributed by atoms with Crippen LogP contribution in [-0.4, -0.2) is 44.7 Å². The molecule has 3 heteroatoms. The number of rotatable bonds is 7. The Morgan fingerprint density at radius 1 is 1.28 bits per heavy atom. The highest BCUT2D eigenvalue weighted by atomic mass is 16.5. The van der Waals surface area contributed by atoms with E-state index in [2.05, 4.69) is 43.2 Å². The molecule has 0 aliphatic carbocycles. The zero-order chi connectivity index (χ0) is 13.6. The summed E-state index contributed by atoms with van der Waals surface area (Å²) in [5.41, 5.74) is 1.43. The van der Waals surface area contributed by atoms with E-state index in [1.54, 1.807) is 7.11 Å². The molecule has 0 saturated heterocycles. The summed E-state index contributed by atoms with van der Waals surface area (Å²) in [7, 11) is 5.90. The van der Waals surface area contributed by atoms with Crippen LogP contribution in [0.2, 0.25) is 0 Å². The Morgan fingerprint density at radius 3 is 2.56 bits per heavy atom. The summed E-state index contributed by atoms with van der Waals surface area (Å²) in [6.07, 6.45) is 1.01. The number of likely N-dealkylation sites (N-methyl/N-ethyl adjacent to an activating group) is 2. The molecular formula is C15H26N2O. The summed E-state index contributed by atoms with van der Waals surface area (Å²) >= 11 is 0. The standard InChI is InChI=1S/C15H26N2O/c1-15(2,12-16-3)17(4)11-10-13-8-6-7-9-14(13)18-5/h6-9,16H,10-12H2,1-5H3. The zero-order valence-corrected chi connectivity index (χ0v) is 12.3. The molecule has 1 aromatic rings. The average molecular weight is 250 g/mol. The van der Waals surface area contributed by atoms with Crippen LogP contribution in [0.15, 0.2) is 24.3 Å². The third-order valence-corrected chi connectivity index (χ3v) is 3.55. The summed E-state index contributed by atoms with van der Waals surface area (Å²) in [5.74, 6) is 0.984. The fraction of sp³-hybridized carbons (Fsp3) is 0.600. The SMILES string of the molecule is CNCC(C)(C)N(C)CCc1ccccc1OC. The van der Waals surface area contributed by atoms with Crippen molar-refractivity contribution >= 4 is 0 Å². The van der Waals surface area contributed by atoms with Gasteiger partial charge in [-0.3, -0.25) is 4.90 Å². The number of para-hydroxylation sites is 1. The number of hydrogen-bond acceptors (Lipinski definition) is 3. The monoisotopic (exact) mass is 250 g/mol. The van der Waals surface area contributed by atoms with Crippen molar-refractivity contribution in [3.8, 4) is 5.75 Å². The molecule has 0 unspecified atom stereocenters. The Balaban J connectivity index is 2.59. The fourth-order valence-corrected chi connectivity index (χ4v) is 2.07.